The molecule has 3 rings (SSSR count). The third-order valence-corrected chi connectivity index (χ3v) is 4.08. The van der Waals surface area contributed by atoms with Gasteiger partial charge in [0, 0.05) is 7.05 Å². The molecule has 22 heavy (non-hydrogen) atoms. The molecule has 3 heteroatoms. The van der Waals surface area contributed by atoms with Crippen molar-refractivity contribution in [1.82, 2.24) is 10.2 Å². The molecule has 1 saturated heterocycles. The highest BCUT2D eigenvalue weighted by molar-refractivity contribution is 5.76. The van der Waals surface area contributed by atoms with Crippen LogP contribution in [-0.2, 0) is 0 Å². The Labute approximate surface area is 131 Å². The minimum Gasteiger partial charge on any atom is -0.332 e. The van der Waals surface area contributed by atoms with Crippen molar-refractivity contribution < 1.29 is 4.79 Å². The van der Waals surface area contributed by atoms with Gasteiger partial charge in [-0.2, -0.15) is 0 Å². The molecule has 0 bridgehead atoms. The van der Waals surface area contributed by atoms with E-state index in [2.05, 4.69) is 41.7 Å². The first-order valence-corrected chi connectivity index (χ1v) is 7.55. The van der Waals surface area contributed by atoms with Crippen molar-refractivity contribution in [3.05, 3.63) is 77.9 Å². The monoisotopic (exact) mass is 292 g/mol. The largest absolute Gasteiger partial charge is 0.332 e. The van der Waals surface area contributed by atoms with Gasteiger partial charge in [-0.25, -0.2) is 4.79 Å². The topological polar surface area (TPSA) is 32.3 Å². The molecule has 0 saturated carbocycles. The molecule has 0 aromatic heterocycles. The Morgan fingerprint density at radius 1 is 1.05 bits per heavy atom. The van der Waals surface area contributed by atoms with Crippen molar-refractivity contribution in [3.63, 3.8) is 0 Å². The highest BCUT2D eigenvalue weighted by atomic mass is 16.2. The lowest BCUT2D eigenvalue weighted by molar-refractivity contribution is 0.163. The van der Waals surface area contributed by atoms with Crippen LogP contribution < -0.4 is 5.32 Å². The number of nitrogens with one attached hydrogen (secondary N) is 1. The summed E-state index contributed by atoms with van der Waals surface area (Å²) >= 11 is 0. The van der Waals surface area contributed by atoms with Gasteiger partial charge in [0.2, 0.25) is 0 Å². The molecule has 1 fully saturated rings. The first kappa shape index (κ1) is 14.4. The Hall–Kier alpha value is -2.55. The molecule has 1 heterocycles. The molecule has 2 aromatic carbocycles. The predicted molar refractivity (Wildman–Crippen MR) is 89.4 cm³/mol. The van der Waals surface area contributed by atoms with Crippen molar-refractivity contribution >= 4 is 12.1 Å². The highest BCUT2D eigenvalue weighted by Gasteiger charge is 2.30. The number of rotatable bonds is 3. The summed E-state index contributed by atoms with van der Waals surface area (Å²) in [6, 6.07) is 20.5. The number of benzene rings is 2. The summed E-state index contributed by atoms with van der Waals surface area (Å²) in [6.07, 6.45) is 5.02. The summed E-state index contributed by atoms with van der Waals surface area (Å²) in [5.74, 6) is 0. The van der Waals surface area contributed by atoms with Gasteiger partial charge in [0.15, 0.2) is 0 Å². The van der Waals surface area contributed by atoms with E-state index in [1.807, 2.05) is 43.4 Å². The summed E-state index contributed by atoms with van der Waals surface area (Å²) in [7, 11) is 1.85. The number of hydrogen-bond donors (Lipinski definition) is 1. The van der Waals surface area contributed by atoms with E-state index in [0.29, 0.717) is 0 Å². The summed E-state index contributed by atoms with van der Waals surface area (Å²) in [6.45, 7) is 0. The van der Waals surface area contributed by atoms with Crippen LogP contribution in [0.15, 0.2) is 66.7 Å². The molecule has 0 radical (unpaired) electrons. The molecular weight excluding hydrogens is 272 g/mol. The molecule has 112 valence electrons. The highest BCUT2D eigenvalue weighted by Crippen LogP contribution is 2.28. The predicted octanol–water partition coefficient (Wildman–Crippen LogP) is 3.85. The van der Waals surface area contributed by atoms with Gasteiger partial charge in [-0.1, -0.05) is 72.8 Å². The summed E-state index contributed by atoms with van der Waals surface area (Å²) in [5, 5.41) is 3.04. The zero-order valence-electron chi connectivity index (χ0n) is 12.6. The minimum atomic E-state index is -0.0252. The van der Waals surface area contributed by atoms with Gasteiger partial charge in [-0.05, 0) is 17.5 Å². The maximum absolute atomic E-state index is 12.2. The molecule has 2 amide bonds. The van der Waals surface area contributed by atoms with Crippen LogP contribution in [0.2, 0.25) is 0 Å². The van der Waals surface area contributed by atoms with Gasteiger partial charge in [0.1, 0.15) is 0 Å². The fraction of sp³-hybridized carbons (Fsp3) is 0.211. The number of carbonyl (C=O) groups excluding carboxylic acids is 1. The Bertz CT molecular complexity index is 652. The second-order valence-electron chi connectivity index (χ2n) is 5.60. The molecule has 2 unspecified atom stereocenters. The average Bonchev–Trinajstić information content (AvgIpc) is 2.57. The number of hydrogen-bond acceptors (Lipinski definition) is 1. The fourth-order valence-corrected chi connectivity index (χ4v) is 2.81. The maximum atomic E-state index is 12.2. The number of urea groups is 1. The van der Waals surface area contributed by atoms with Crippen LogP contribution in [0, 0.1) is 0 Å². The van der Waals surface area contributed by atoms with E-state index in [4.69, 9.17) is 0 Å². The molecule has 1 N–H and O–H groups in total. The van der Waals surface area contributed by atoms with Crippen LogP contribution >= 0.6 is 0 Å². The smallest absolute Gasteiger partial charge is 0.318 e. The Morgan fingerprint density at radius 2 is 1.68 bits per heavy atom. The van der Waals surface area contributed by atoms with Crippen molar-refractivity contribution in [1.29, 1.82) is 0 Å². The van der Waals surface area contributed by atoms with Crippen molar-refractivity contribution in [2.24, 2.45) is 0 Å². The van der Waals surface area contributed by atoms with Crippen molar-refractivity contribution in [3.8, 4) is 0 Å². The van der Waals surface area contributed by atoms with E-state index in [1.54, 1.807) is 4.90 Å². The molecule has 2 aromatic rings. The third kappa shape index (κ3) is 3.19. The Morgan fingerprint density at radius 3 is 2.36 bits per heavy atom. The number of nitrogens with zero attached hydrogens (tertiary/aromatic N) is 1. The zero-order valence-corrected chi connectivity index (χ0v) is 12.6. The van der Waals surface area contributed by atoms with Crippen LogP contribution in [0.3, 0.4) is 0 Å². The normalized spacial score (nSPS) is 21.9. The van der Waals surface area contributed by atoms with Crippen LogP contribution in [0.1, 0.15) is 23.6 Å². The fourth-order valence-electron chi connectivity index (χ4n) is 2.81. The van der Waals surface area contributed by atoms with Gasteiger partial charge < -0.3 is 10.2 Å². The van der Waals surface area contributed by atoms with E-state index in [1.165, 1.54) is 5.56 Å². The van der Waals surface area contributed by atoms with Gasteiger partial charge in [-0.15, -0.1) is 0 Å². The molecule has 1 aliphatic rings. The summed E-state index contributed by atoms with van der Waals surface area (Å²) in [4.78, 5) is 14.0. The van der Waals surface area contributed by atoms with Crippen LogP contribution in [0.4, 0.5) is 4.79 Å². The molecular formula is C19H20N2O. The second-order valence-corrected chi connectivity index (χ2v) is 5.60. The number of carbonyl (C=O) groups is 1. The van der Waals surface area contributed by atoms with Crippen molar-refractivity contribution in [2.45, 2.75) is 18.5 Å². The molecule has 1 aliphatic heterocycles. The average molecular weight is 292 g/mol. The summed E-state index contributed by atoms with van der Waals surface area (Å²) in [5.41, 5.74) is 2.32. The standard InChI is InChI=1S/C19H20N2O/c1-21-18(16-10-6-3-7-11-16)14-17(20-19(21)22)13-12-15-8-4-2-5-9-15/h2-13,17-18H,14H2,1H3,(H,20,22). The van der Waals surface area contributed by atoms with Crippen LogP contribution in [-0.4, -0.2) is 24.0 Å². The molecule has 0 aliphatic carbocycles. The van der Waals surface area contributed by atoms with Gasteiger partial charge >= 0.3 is 6.03 Å². The van der Waals surface area contributed by atoms with E-state index in [9.17, 15) is 4.79 Å². The lowest BCUT2D eigenvalue weighted by Crippen LogP contribution is -2.50. The SMILES string of the molecule is CN1C(=O)NC(C=Cc2ccccc2)CC1c1ccccc1. The van der Waals surface area contributed by atoms with Gasteiger partial charge in [-0.3, -0.25) is 0 Å². The second kappa shape index (κ2) is 6.48. The molecule has 3 nitrogen and oxygen atoms in total. The van der Waals surface area contributed by atoms with Crippen LogP contribution in [0.5, 0.6) is 0 Å². The van der Waals surface area contributed by atoms with E-state index in [-0.39, 0.29) is 18.1 Å². The molecule has 0 spiro atoms. The van der Waals surface area contributed by atoms with E-state index >= 15 is 0 Å². The Balaban J connectivity index is 1.77. The van der Waals surface area contributed by atoms with Gasteiger partial charge in [0.05, 0.1) is 12.1 Å². The lowest BCUT2D eigenvalue weighted by Gasteiger charge is -2.37. The zero-order chi connectivity index (χ0) is 15.4. The van der Waals surface area contributed by atoms with E-state index in [0.717, 1.165) is 12.0 Å². The quantitative estimate of drug-likeness (QED) is 0.915. The van der Waals surface area contributed by atoms with Crippen molar-refractivity contribution in [2.75, 3.05) is 7.05 Å². The summed E-state index contributed by atoms with van der Waals surface area (Å²) < 4.78 is 0. The molecule has 2 atom stereocenters. The first-order valence-electron chi connectivity index (χ1n) is 7.55. The van der Waals surface area contributed by atoms with E-state index < -0.39 is 0 Å². The number of amides is 2. The first-order chi connectivity index (χ1) is 10.7. The maximum Gasteiger partial charge on any atom is 0.318 e. The van der Waals surface area contributed by atoms with Gasteiger partial charge in [0.25, 0.3) is 0 Å². The third-order valence-electron chi connectivity index (χ3n) is 4.08. The Kier molecular flexibility index (Phi) is 4.24. The minimum absolute atomic E-state index is 0.0252. The lowest BCUT2D eigenvalue weighted by atomic mass is 9.95. The van der Waals surface area contributed by atoms with Crippen LogP contribution in [0.25, 0.3) is 6.08 Å².